The summed E-state index contributed by atoms with van der Waals surface area (Å²) in [7, 11) is -3.45. The van der Waals surface area contributed by atoms with Crippen LogP contribution in [0.15, 0.2) is 36.4 Å². The number of hydrogen-bond acceptors (Lipinski definition) is 5. The van der Waals surface area contributed by atoms with Crippen LogP contribution in [0, 0.1) is 0 Å². The number of sulfonamides is 1. The van der Waals surface area contributed by atoms with Crippen LogP contribution in [0.2, 0.25) is 10.0 Å². The van der Waals surface area contributed by atoms with Crippen molar-refractivity contribution in [1.82, 2.24) is 10.6 Å². The molecule has 0 aliphatic carbocycles. The van der Waals surface area contributed by atoms with Crippen LogP contribution in [0.1, 0.15) is 49.3 Å². The Kier molecular flexibility index (Phi) is 7.59. The van der Waals surface area contributed by atoms with Crippen molar-refractivity contribution in [3.05, 3.63) is 63.1 Å². The molecule has 1 aliphatic heterocycles. The Morgan fingerprint density at radius 2 is 1.79 bits per heavy atom. The average molecular weight is 526 g/mol. The molecule has 11 heteroatoms. The SMILES string of the molecule is CC(C)(C(=O)NCc1cc(Cl)c(C2CCC(=O)NC2=O)c(Cl)c1)c1cccc(NS(C)(=O)=O)c1. The maximum absolute atomic E-state index is 13.0. The van der Waals surface area contributed by atoms with Crippen LogP contribution in [0.4, 0.5) is 5.69 Å². The summed E-state index contributed by atoms with van der Waals surface area (Å²) >= 11 is 12.8. The second kappa shape index (κ2) is 9.93. The number of hydrogen-bond donors (Lipinski definition) is 3. The largest absolute Gasteiger partial charge is 0.351 e. The van der Waals surface area contributed by atoms with Gasteiger partial charge in [0.25, 0.3) is 0 Å². The van der Waals surface area contributed by atoms with Crippen molar-refractivity contribution < 1.29 is 22.8 Å². The molecular weight excluding hydrogens is 501 g/mol. The van der Waals surface area contributed by atoms with E-state index in [9.17, 15) is 22.8 Å². The number of amides is 3. The standard InChI is InChI=1S/C23H25Cl2N3O5S/c1-23(2,14-5-4-6-15(11-14)28-34(3,32)33)22(31)26-12-13-9-17(24)20(18(25)10-13)16-7-8-19(29)27-21(16)30/h4-6,9-11,16,28H,7-8,12H2,1-3H3,(H,26,31)(H,27,29,30). The van der Waals surface area contributed by atoms with E-state index in [1.165, 1.54) is 0 Å². The lowest BCUT2D eigenvalue weighted by molar-refractivity contribution is -0.134. The van der Waals surface area contributed by atoms with E-state index >= 15 is 0 Å². The van der Waals surface area contributed by atoms with Crippen molar-refractivity contribution in [2.24, 2.45) is 0 Å². The van der Waals surface area contributed by atoms with Gasteiger partial charge in [-0.3, -0.25) is 24.4 Å². The Morgan fingerprint density at radius 1 is 1.15 bits per heavy atom. The first-order valence-electron chi connectivity index (χ1n) is 10.5. The van der Waals surface area contributed by atoms with Gasteiger partial charge >= 0.3 is 0 Å². The highest BCUT2D eigenvalue weighted by atomic mass is 35.5. The van der Waals surface area contributed by atoms with E-state index in [1.807, 2.05) is 0 Å². The second-order valence-corrected chi connectivity index (χ2v) is 11.3. The number of benzene rings is 2. The minimum absolute atomic E-state index is 0.138. The monoisotopic (exact) mass is 525 g/mol. The van der Waals surface area contributed by atoms with Crippen molar-refractivity contribution in [3.8, 4) is 0 Å². The molecule has 2 aromatic rings. The molecule has 8 nitrogen and oxygen atoms in total. The molecule has 3 amide bonds. The van der Waals surface area contributed by atoms with Gasteiger partial charge in [-0.15, -0.1) is 0 Å². The van der Waals surface area contributed by atoms with Gasteiger partial charge in [-0.2, -0.15) is 0 Å². The summed E-state index contributed by atoms with van der Waals surface area (Å²) < 4.78 is 25.4. The molecule has 34 heavy (non-hydrogen) atoms. The van der Waals surface area contributed by atoms with E-state index in [-0.39, 0.29) is 34.8 Å². The van der Waals surface area contributed by atoms with E-state index in [2.05, 4.69) is 15.4 Å². The van der Waals surface area contributed by atoms with Gasteiger partial charge in [0.2, 0.25) is 27.7 Å². The molecule has 1 heterocycles. The summed E-state index contributed by atoms with van der Waals surface area (Å²) in [6.45, 7) is 3.60. The Bertz CT molecular complexity index is 1240. The maximum Gasteiger partial charge on any atom is 0.234 e. The van der Waals surface area contributed by atoms with Crippen molar-refractivity contribution in [2.75, 3.05) is 11.0 Å². The van der Waals surface area contributed by atoms with Crippen LogP contribution in [-0.4, -0.2) is 32.4 Å². The third-order valence-electron chi connectivity index (χ3n) is 5.63. The Morgan fingerprint density at radius 3 is 2.38 bits per heavy atom. The molecule has 1 unspecified atom stereocenters. The molecule has 3 N–H and O–H groups in total. The summed E-state index contributed by atoms with van der Waals surface area (Å²) in [5.74, 6) is -1.66. The first-order valence-corrected chi connectivity index (χ1v) is 13.1. The van der Waals surface area contributed by atoms with Gasteiger partial charge in [-0.1, -0.05) is 35.3 Å². The second-order valence-electron chi connectivity index (χ2n) is 8.74. The number of carbonyl (C=O) groups is 3. The number of halogens is 2. The molecule has 0 bridgehead atoms. The van der Waals surface area contributed by atoms with E-state index in [0.717, 1.165) is 6.26 Å². The highest BCUT2D eigenvalue weighted by Gasteiger charge is 2.32. The molecule has 1 fully saturated rings. The van der Waals surface area contributed by atoms with Gasteiger partial charge in [0.1, 0.15) is 0 Å². The van der Waals surface area contributed by atoms with Crippen LogP contribution in [-0.2, 0) is 36.4 Å². The van der Waals surface area contributed by atoms with Crippen LogP contribution >= 0.6 is 23.2 Å². The van der Waals surface area contributed by atoms with Crippen LogP contribution in [0.25, 0.3) is 0 Å². The number of piperidine rings is 1. The lowest BCUT2D eigenvalue weighted by Gasteiger charge is -2.25. The van der Waals surface area contributed by atoms with Gasteiger partial charge in [-0.25, -0.2) is 8.42 Å². The van der Waals surface area contributed by atoms with Crippen LogP contribution in [0.5, 0.6) is 0 Å². The first kappa shape index (κ1) is 26.0. The zero-order valence-electron chi connectivity index (χ0n) is 18.9. The number of nitrogens with one attached hydrogen (secondary N) is 3. The lowest BCUT2D eigenvalue weighted by Crippen LogP contribution is -2.40. The Hall–Kier alpha value is -2.62. The minimum Gasteiger partial charge on any atom is -0.351 e. The molecule has 0 spiro atoms. The Balaban J connectivity index is 1.74. The topological polar surface area (TPSA) is 121 Å². The molecule has 2 aromatic carbocycles. The summed E-state index contributed by atoms with van der Waals surface area (Å²) in [4.78, 5) is 36.6. The van der Waals surface area contributed by atoms with Gasteiger partial charge in [0, 0.05) is 34.3 Å². The lowest BCUT2D eigenvalue weighted by atomic mass is 9.83. The summed E-state index contributed by atoms with van der Waals surface area (Å²) in [6.07, 6.45) is 1.58. The summed E-state index contributed by atoms with van der Waals surface area (Å²) in [5.41, 5.74) is 1.13. The maximum atomic E-state index is 13.0. The molecule has 1 atom stereocenters. The molecule has 182 valence electrons. The highest BCUT2D eigenvalue weighted by molar-refractivity contribution is 7.92. The van der Waals surface area contributed by atoms with Gasteiger partial charge in [0.05, 0.1) is 17.6 Å². The molecular formula is C23H25Cl2N3O5S. The van der Waals surface area contributed by atoms with E-state index in [4.69, 9.17) is 23.2 Å². The predicted octanol–water partition coefficient (Wildman–Crippen LogP) is 3.48. The van der Waals surface area contributed by atoms with Gasteiger partial charge in [0.15, 0.2) is 0 Å². The highest BCUT2D eigenvalue weighted by Crippen LogP contribution is 2.37. The third kappa shape index (κ3) is 6.08. The number of imide groups is 1. The zero-order valence-corrected chi connectivity index (χ0v) is 21.2. The molecule has 0 radical (unpaired) electrons. The third-order valence-corrected chi connectivity index (χ3v) is 6.87. The van der Waals surface area contributed by atoms with E-state index in [1.54, 1.807) is 50.2 Å². The van der Waals surface area contributed by atoms with Crippen molar-refractivity contribution in [3.63, 3.8) is 0 Å². The number of carbonyl (C=O) groups excluding carboxylic acids is 3. The first-order chi connectivity index (χ1) is 15.8. The molecule has 0 aromatic heterocycles. The fourth-order valence-electron chi connectivity index (χ4n) is 3.76. The van der Waals surface area contributed by atoms with Gasteiger partial charge in [-0.05, 0) is 55.7 Å². The predicted molar refractivity (Wildman–Crippen MR) is 131 cm³/mol. The summed E-state index contributed by atoms with van der Waals surface area (Å²) in [6, 6.07) is 9.91. The van der Waals surface area contributed by atoms with Crippen LogP contribution < -0.4 is 15.4 Å². The Labute approximate surface area is 208 Å². The molecule has 1 saturated heterocycles. The van der Waals surface area contributed by atoms with Crippen molar-refractivity contribution in [1.29, 1.82) is 0 Å². The average Bonchev–Trinajstić information content (AvgIpc) is 2.72. The number of rotatable bonds is 7. The van der Waals surface area contributed by atoms with Gasteiger partial charge < -0.3 is 5.32 Å². The molecule has 1 aliphatic rings. The van der Waals surface area contributed by atoms with E-state index < -0.39 is 27.3 Å². The fraction of sp³-hybridized carbons (Fsp3) is 0.348. The van der Waals surface area contributed by atoms with E-state index in [0.29, 0.717) is 28.8 Å². The van der Waals surface area contributed by atoms with Crippen molar-refractivity contribution in [2.45, 2.75) is 44.6 Å². The van der Waals surface area contributed by atoms with Crippen LogP contribution in [0.3, 0.4) is 0 Å². The quantitative estimate of drug-likeness (QED) is 0.477. The molecule has 0 saturated carbocycles. The summed E-state index contributed by atoms with van der Waals surface area (Å²) in [5, 5.41) is 5.72. The minimum atomic E-state index is -3.45. The molecule has 3 rings (SSSR count). The fourth-order valence-corrected chi connectivity index (χ4v) is 5.11. The smallest absolute Gasteiger partial charge is 0.234 e. The normalized spacial score (nSPS) is 16.7. The number of anilines is 1. The zero-order chi connectivity index (χ0) is 25.3. The van der Waals surface area contributed by atoms with Crippen molar-refractivity contribution >= 4 is 56.6 Å².